The van der Waals surface area contributed by atoms with Crippen LogP contribution in [0.15, 0.2) is 18.2 Å². The van der Waals surface area contributed by atoms with E-state index in [9.17, 15) is 24.5 Å². The minimum atomic E-state index is -0.623. The third-order valence-electron chi connectivity index (χ3n) is 4.04. The summed E-state index contributed by atoms with van der Waals surface area (Å²) in [5.74, 6) is -1.07. The molecule has 2 rings (SSSR count). The molecule has 0 spiro atoms. The Kier molecular flexibility index (Phi) is 6.23. The van der Waals surface area contributed by atoms with Crippen molar-refractivity contribution in [3.8, 4) is 0 Å². The largest absolute Gasteiger partial charge is 0.395 e. The molecule has 2 N–H and O–H groups in total. The van der Waals surface area contributed by atoms with Gasteiger partial charge in [-0.05, 0) is 19.4 Å². The molecule has 1 heterocycles. The van der Waals surface area contributed by atoms with Crippen molar-refractivity contribution in [3.63, 3.8) is 0 Å². The number of carbonyl (C=O) groups is 3. The molecule has 140 valence electrons. The van der Waals surface area contributed by atoms with Gasteiger partial charge in [0, 0.05) is 38.3 Å². The van der Waals surface area contributed by atoms with Crippen molar-refractivity contribution in [2.24, 2.45) is 0 Å². The van der Waals surface area contributed by atoms with E-state index >= 15 is 0 Å². The highest BCUT2D eigenvalue weighted by Crippen LogP contribution is 2.26. The quantitative estimate of drug-likeness (QED) is 0.300. The van der Waals surface area contributed by atoms with Gasteiger partial charge in [-0.1, -0.05) is 0 Å². The zero-order valence-corrected chi connectivity index (χ0v) is 14.3. The first-order valence-corrected chi connectivity index (χ1v) is 8.19. The number of nitrogens with zero attached hydrogens (tertiary/aromatic N) is 3. The first kappa shape index (κ1) is 19.3. The Morgan fingerprint density at radius 3 is 2.62 bits per heavy atom. The van der Waals surface area contributed by atoms with Crippen LogP contribution in [0.3, 0.4) is 0 Å². The number of imide groups is 1. The van der Waals surface area contributed by atoms with E-state index in [0.29, 0.717) is 13.0 Å². The van der Waals surface area contributed by atoms with Crippen LogP contribution in [-0.2, 0) is 0 Å². The molecule has 1 aromatic carbocycles. The van der Waals surface area contributed by atoms with Crippen LogP contribution in [0.1, 0.15) is 34.1 Å². The number of hydrogen-bond acceptors (Lipinski definition) is 6. The van der Waals surface area contributed by atoms with Gasteiger partial charge in [0.25, 0.3) is 17.5 Å². The van der Waals surface area contributed by atoms with Gasteiger partial charge in [0.05, 0.1) is 22.7 Å². The SMILES string of the molecule is CCN(CCO)C(=O)NCCCN1C(=O)c2ccc([N+](=O)[O-])cc2C1=O. The van der Waals surface area contributed by atoms with Gasteiger partial charge in [-0.2, -0.15) is 0 Å². The number of nitro groups is 1. The molecule has 0 fully saturated rings. The molecule has 1 aliphatic rings. The van der Waals surface area contributed by atoms with Crippen molar-refractivity contribution in [2.45, 2.75) is 13.3 Å². The van der Waals surface area contributed by atoms with Crippen molar-refractivity contribution in [2.75, 3.05) is 32.8 Å². The number of fused-ring (bicyclic) bond motifs is 1. The van der Waals surface area contributed by atoms with E-state index in [2.05, 4.69) is 5.32 Å². The van der Waals surface area contributed by atoms with Crippen molar-refractivity contribution >= 4 is 23.5 Å². The molecule has 1 aromatic rings. The molecular formula is C16H20N4O6. The second-order valence-electron chi connectivity index (χ2n) is 5.64. The highest BCUT2D eigenvalue weighted by Gasteiger charge is 2.36. The third kappa shape index (κ3) is 3.97. The molecule has 26 heavy (non-hydrogen) atoms. The van der Waals surface area contributed by atoms with Crippen LogP contribution in [0.25, 0.3) is 0 Å². The maximum atomic E-state index is 12.3. The lowest BCUT2D eigenvalue weighted by Gasteiger charge is -2.20. The number of aliphatic hydroxyl groups excluding tert-OH is 1. The maximum Gasteiger partial charge on any atom is 0.317 e. The first-order valence-electron chi connectivity index (χ1n) is 8.19. The van der Waals surface area contributed by atoms with Crippen LogP contribution < -0.4 is 5.32 Å². The van der Waals surface area contributed by atoms with Crippen LogP contribution in [0, 0.1) is 10.1 Å². The average Bonchev–Trinajstić information content (AvgIpc) is 2.87. The first-order chi connectivity index (χ1) is 12.4. The van der Waals surface area contributed by atoms with Crippen molar-refractivity contribution in [3.05, 3.63) is 39.4 Å². The number of nitro benzene ring substituents is 1. The number of nitrogens with one attached hydrogen (secondary N) is 1. The summed E-state index contributed by atoms with van der Waals surface area (Å²) in [6.45, 7) is 2.65. The summed E-state index contributed by atoms with van der Waals surface area (Å²) in [6.07, 6.45) is 0.343. The van der Waals surface area contributed by atoms with E-state index in [0.717, 1.165) is 11.0 Å². The summed E-state index contributed by atoms with van der Waals surface area (Å²) in [6, 6.07) is 3.24. The summed E-state index contributed by atoms with van der Waals surface area (Å²) in [5, 5.41) is 22.3. The number of rotatable bonds is 8. The highest BCUT2D eigenvalue weighted by molar-refractivity contribution is 6.21. The van der Waals surface area contributed by atoms with E-state index in [1.54, 1.807) is 6.92 Å². The number of aliphatic hydroxyl groups is 1. The second-order valence-corrected chi connectivity index (χ2v) is 5.64. The number of likely N-dealkylation sites (N-methyl/N-ethyl adjacent to an activating group) is 1. The minimum Gasteiger partial charge on any atom is -0.395 e. The van der Waals surface area contributed by atoms with Gasteiger partial charge in [-0.25, -0.2) is 4.79 Å². The molecule has 4 amide bonds. The predicted molar refractivity (Wildman–Crippen MR) is 90.8 cm³/mol. The Morgan fingerprint density at radius 1 is 1.31 bits per heavy atom. The van der Waals surface area contributed by atoms with Crippen molar-refractivity contribution in [1.29, 1.82) is 0 Å². The average molecular weight is 364 g/mol. The summed E-state index contributed by atoms with van der Waals surface area (Å²) in [7, 11) is 0. The van der Waals surface area contributed by atoms with Gasteiger partial charge in [-0.15, -0.1) is 0 Å². The molecule has 0 saturated carbocycles. The summed E-state index contributed by atoms with van der Waals surface area (Å²) < 4.78 is 0. The fraction of sp³-hybridized carbons (Fsp3) is 0.438. The van der Waals surface area contributed by atoms with E-state index < -0.39 is 16.7 Å². The molecule has 1 aliphatic heterocycles. The van der Waals surface area contributed by atoms with Crippen LogP contribution in [-0.4, -0.2) is 70.5 Å². The van der Waals surface area contributed by atoms with Gasteiger partial charge in [0.15, 0.2) is 0 Å². The molecular weight excluding hydrogens is 344 g/mol. The fourth-order valence-electron chi connectivity index (χ4n) is 2.66. The molecule has 10 heteroatoms. The Labute approximate surface area is 149 Å². The van der Waals surface area contributed by atoms with E-state index in [1.165, 1.54) is 17.0 Å². The van der Waals surface area contributed by atoms with E-state index in [1.807, 2.05) is 0 Å². The molecule has 0 saturated heterocycles. The topological polar surface area (TPSA) is 133 Å². The van der Waals surface area contributed by atoms with Crippen LogP contribution in [0.5, 0.6) is 0 Å². The summed E-state index contributed by atoms with van der Waals surface area (Å²) in [4.78, 5) is 49.1. The van der Waals surface area contributed by atoms with Gasteiger partial charge in [0.2, 0.25) is 0 Å². The summed E-state index contributed by atoms with van der Waals surface area (Å²) in [5.41, 5.74) is -0.0827. The van der Waals surface area contributed by atoms with E-state index in [-0.39, 0.29) is 49.1 Å². The maximum absolute atomic E-state index is 12.3. The molecule has 0 radical (unpaired) electrons. The number of hydrogen-bond donors (Lipinski definition) is 2. The van der Waals surface area contributed by atoms with Crippen molar-refractivity contribution in [1.82, 2.24) is 15.1 Å². The molecule has 10 nitrogen and oxygen atoms in total. The van der Waals surface area contributed by atoms with Gasteiger partial charge in [0.1, 0.15) is 0 Å². The monoisotopic (exact) mass is 364 g/mol. The third-order valence-corrected chi connectivity index (χ3v) is 4.04. The lowest BCUT2D eigenvalue weighted by Crippen LogP contribution is -2.42. The van der Waals surface area contributed by atoms with E-state index in [4.69, 9.17) is 5.11 Å². The fourth-order valence-corrected chi connectivity index (χ4v) is 2.66. The minimum absolute atomic E-state index is 0.0216. The van der Waals surface area contributed by atoms with Crippen LogP contribution >= 0.6 is 0 Å². The molecule has 0 bridgehead atoms. The predicted octanol–water partition coefficient (Wildman–Crippen LogP) is 0.605. The molecule has 0 unspecified atom stereocenters. The number of carbonyl (C=O) groups excluding carboxylic acids is 3. The zero-order valence-electron chi connectivity index (χ0n) is 14.3. The molecule has 0 aromatic heterocycles. The number of urea groups is 1. The standard InChI is InChI=1S/C16H20N4O6/c1-2-18(8-9-21)16(24)17-6-3-7-19-14(22)12-5-4-11(20(25)26)10-13(12)15(19)23/h4-5,10,21H,2-3,6-9H2,1H3,(H,17,24). The molecule has 0 aliphatic carbocycles. The lowest BCUT2D eigenvalue weighted by molar-refractivity contribution is -0.384. The van der Waals surface area contributed by atoms with Gasteiger partial charge in [-0.3, -0.25) is 24.6 Å². The van der Waals surface area contributed by atoms with Crippen LogP contribution in [0.2, 0.25) is 0 Å². The lowest BCUT2D eigenvalue weighted by atomic mass is 10.1. The number of non-ortho nitro benzene ring substituents is 1. The van der Waals surface area contributed by atoms with Gasteiger partial charge < -0.3 is 15.3 Å². The van der Waals surface area contributed by atoms with Crippen LogP contribution in [0.4, 0.5) is 10.5 Å². The Morgan fingerprint density at radius 2 is 2.00 bits per heavy atom. The second kappa shape index (κ2) is 8.39. The van der Waals surface area contributed by atoms with Gasteiger partial charge >= 0.3 is 6.03 Å². The smallest absolute Gasteiger partial charge is 0.317 e. The summed E-state index contributed by atoms with van der Waals surface area (Å²) >= 11 is 0. The Balaban J connectivity index is 1.91. The highest BCUT2D eigenvalue weighted by atomic mass is 16.6. The molecule has 0 atom stereocenters. The Bertz CT molecular complexity index is 735. The normalized spacial score (nSPS) is 12.9. The van der Waals surface area contributed by atoms with Crippen molar-refractivity contribution < 1.29 is 24.4 Å². The zero-order chi connectivity index (χ0) is 19.3. The number of amides is 4. The number of benzene rings is 1. The Hall–Kier alpha value is -3.01.